The molecule has 1 heterocycles. The van der Waals surface area contributed by atoms with E-state index in [1.807, 2.05) is 20.8 Å². The lowest BCUT2D eigenvalue weighted by Gasteiger charge is -2.20. The molecule has 0 spiro atoms. The largest absolute Gasteiger partial charge is 0.433 e. The molecule has 192 valence electrons. The van der Waals surface area contributed by atoms with Crippen LogP contribution in [-0.4, -0.2) is 14.5 Å². The van der Waals surface area contributed by atoms with Gasteiger partial charge in [-0.3, -0.25) is 19.5 Å². The van der Waals surface area contributed by atoms with E-state index in [1.165, 1.54) is 0 Å². The molecule has 36 heavy (non-hydrogen) atoms. The monoisotopic (exact) mass is 514 g/mol. The van der Waals surface area contributed by atoms with Gasteiger partial charge in [0.1, 0.15) is 5.69 Å². The first-order chi connectivity index (χ1) is 16.5. The molecule has 0 aliphatic heterocycles. The number of aromatic nitrogens is 2. The second-order valence-electron chi connectivity index (χ2n) is 8.95. The van der Waals surface area contributed by atoms with Crippen LogP contribution in [0.5, 0.6) is 0 Å². The van der Waals surface area contributed by atoms with Gasteiger partial charge in [0.2, 0.25) is 5.95 Å². The minimum Gasteiger partial charge on any atom is -0.320 e. The Labute approximate surface area is 200 Å². The Kier molecular flexibility index (Phi) is 6.88. The van der Waals surface area contributed by atoms with Crippen molar-refractivity contribution in [3.63, 3.8) is 0 Å². The lowest BCUT2D eigenvalue weighted by molar-refractivity contribution is -0.384. The van der Waals surface area contributed by atoms with Crippen LogP contribution < -0.4 is 10.9 Å². The summed E-state index contributed by atoms with van der Waals surface area (Å²) in [6.45, 7) is 5.67. The van der Waals surface area contributed by atoms with Gasteiger partial charge in [0.05, 0.1) is 17.0 Å². The molecule has 1 N–H and O–H groups in total. The first kappa shape index (κ1) is 26.7. The number of nitro groups is 1. The molecule has 0 atom stereocenters. The third-order valence-electron chi connectivity index (χ3n) is 5.23. The Bertz CT molecular complexity index is 1340. The van der Waals surface area contributed by atoms with Crippen LogP contribution in [0.3, 0.4) is 0 Å². The number of hydrogen-bond acceptors (Lipinski definition) is 5. The summed E-state index contributed by atoms with van der Waals surface area (Å²) < 4.78 is 79.8. The number of nitrogens with zero attached hydrogens (tertiary/aromatic N) is 3. The van der Waals surface area contributed by atoms with E-state index in [4.69, 9.17) is 0 Å². The fourth-order valence-corrected chi connectivity index (χ4v) is 3.28. The van der Waals surface area contributed by atoms with Crippen LogP contribution in [0.1, 0.15) is 43.2 Å². The zero-order chi connectivity index (χ0) is 27.1. The molecule has 0 aliphatic carbocycles. The van der Waals surface area contributed by atoms with Gasteiger partial charge in [0.15, 0.2) is 5.69 Å². The summed E-state index contributed by atoms with van der Waals surface area (Å²) in [6.07, 6.45) is -9.91. The zero-order valence-corrected chi connectivity index (χ0v) is 19.2. The standard InChI is InChI=1S/C23H20F6N4O3/c1-21(2,3)14-6-4-13(5-7-14)12-32-19(34)11-18(23(27,28)29)31-20(32)30-16-9-8-15(22(24,25)26)10-17(16)33(35)36/h4-11H,12H2,1-3H3,(H,30,31). The van der Waals surface area contributed by atoms with Crippen LogP contribution >= 0.6 is 0 Å². The Morgan fingerprint density at radius 1 is 0.917 bits per heavy atom. The van der Waals surface area contributed by atoms with Crippen LogP contribution in [0.4, 0.5) is 43.7 Å². The average molecular weight is 514 g/mol. The highest BCUT2D eigenvalue weighted by atomic mass is 19.4. The highest BCUT2D eigenvalue weighted by Gasteiger charge is 2.35. The van der Waals surface area contributed by atoms with Gasteiger partial charge in [-0.05, 0) is 28.7 Å². The molecule has 0 unspecified atom stereocenters. The summed E-state index contributed by atoms with van der Waals surface area (Å²) in [4.78, 5) is 26.3. The summed E-state index contributed by atoms with van der Waals surface area (Å²) in [6, 6.07) is 8.62. The molecule has 1 aromatic heterocycles. The third kappa shape index (κ3) is 6.01. The van der Waals surface area contributed by atoms with Gasteiger partial charge in [-0.15, -0.1) is 0 Å². The van der Waals surface area contributed by atoms with E-state index in [2.05, 4.69) is 10.3 Å². The molecular formula is C23H20F6N4O3. The molecule has 0 saturated heterocycles. The van der Waals surface area contributed by atoms with E-state index in [9.17, 15) is 41.3 Å². The maximum Gasteiger partial charge on any atom is 0.433 e. The number of hydrogen-bond donors (Lipinski definition) is 1. The highest BCUT2D eigenvalue weighted by Crippen LogP contribution is 2.36. The number of nitro benzene ring substituents is 1. The smallest absolute Gasteiger partial charge is 0.320 e. The predicted molar refractivity (Wildman–Crippen MR) is 119 cm³/mol. The van der Waals surface area contributed by atoms with E-state index in [0.29, 0.717) is 17.7 Å². The van der Waals surface area contributed by atoms with E-state index < -0.39 is 51.4 Å². The molecule has 0 fully saturated rings. The van der Waals surface area contributed by atoms with Crippen molar-refractivity contribution in [2.45, 2.75) is 45.1 Å². The molecule has 0 bridgehead atoms. The van der Waals surface area contributed by atoms with E-state index in [0.717, 1.165) is 10.1 Å². The van der Waals surface area contributed by atoms with Gasteiger partial charge in [0, 0.05) is 12.1 Å². The van der Waals surface area contributed by atoms with Crippen molar-refractivity contribution in [1.29, 1.82) is 0 Å². The summed E-state index contributed by atoms with van der Waals surface area (Å²) in [5.41, 5.74) is -4.35. The fourth-order valence-electron chi connectivity index (χ4n) is 3.28. The van der Waals surface area contributed by atoms with Crippen molar-refractivity contribution in [3.8, 4) is 0 Å². The number of nitrogens with one attached hydrogen (secondary N) is 1. The molecule has 2 aromatic carbocycles. The quantitative estimate of drug-likeness (QED) is 0.246. The molecule has 0 saturated carbocycles. The summed E-state index contributed by atoms with van der Waals surface area (Å²) in [7, 11) is 0. The summed E-state index contributed by atoms with van der Waals surface area (Å²) in [5.74, 6) is -0.724. The van der Waals surface area contributed by atoms with Crippen molar-refractivity contribution in [3.05, 3.63) is 91.4 Å². The maximum atomic E-state index is 13.3. The van der Waals surface area contributed by atoms with E-state index in [1.54, 1.807) is 24.3 Å². The number of halogens is 6. The number of rotatable bonds is 5. The van der Waals surface area contributed by atoms with Crippen LogP contribution in [-0.2, 0) is 24.3 Å². The second-order valence-corrected chi connectivity index (χ2v) is 8.95. The first-order valence-corrected chi connectivity index (χ1v) is 10.4. The Morgan fingerprint density at radius 2 is 1.50 bits per heavy atom. The molecule has 0 radical (unpaired) electrons. The first-order valence-electron chi connectivity index (χ1n) is 10.4. The van der Waals surface area contributed by atoms with Crippen LogP contribution in [0.15, 0.2) is 53.3 Å². The molecule has 3 rings (SSSR count). The average Bonchev–Trinajstić information content (AvgIpc) is 2.74. The van der Waals surface area contributed by atoms with Gasteiger partial charge in [-0.1, -0.05) is 45.0 Å². The topological polar surface area (TPSA) is 90.1 Å². The number of benzene rings is 2. The van der Waals surface area contributed by atoms with Crippen molar-refractivity contribution in [2.24, 2.45) is 0 Å². The molecule has 3 aromatic rings. The van der Waals surface area contributed by atoms with Crippen molar-refractivity contribution >= 4 is 17.3 Å². The maximum absolute atomic E-state index is 13.3. The molecule has 0 aliphatic rings. The van der Waals surface area contributed by atoms with Crippen LogP contribution in [0, 0.1) is 10.1 Å². The number of anilines is 2. The Balaban J connectivity index is 2.11. The normalized spacial score (nSPS) is 12.5. The Morgan fingerprint density at radius 3 is 2.00 bits per heavy atom. The van der Waals surface area contributed by atoms with Crippen LogP contribution in [0.2, 0.25) is 0 Å². The minimum absolute atomic E-state index is 0.181. The third-order valence-corrected chi connectivity index (χ3v) is 5.23. The fraction of sp³-hybridized carbons (Fsp3) is 0.304. The molecular weight excluding hydrogens is 494 g/mol. The summed E-state index contributed by atoms with van der Waals surface area (Å²) in [5, 5.41) is 13.7. The van der Waals surface area contributed by atoms with Crippen LogP contribution in [0.25, 0.3) is 0 Å². The van der Waals surface area contributed by atoms with Gasteiger partial charge in [0.25, 0.3) is 11.2 Å². The Hall–Kier alpha value is -3.90. The number of alkyl halides is 6. The second kappa shape index (κ2) is 9.28. The lowest BCUT2D eigenvalue weighted by atomic mass is 9.87. The zero-order valence-electron chi connectivity index (χ0n) is 19.2. The lowest BCUT2D eigenvalue weighted by Crippen LogP contribution is -2.27. The summed E-state index contributed by atoms with van der Waals surface area (Å²) >= 11 is 0. The van der Waals surface area contributed by atoms with Crippen molar-refractivity contribution in [2.75, 3.05) is 5.32 Å². The van der Waals surface area contributed by atoms with Crippen molar-refractivity contribution < 1.29 is 31.3 Å². The van der Waals surface area contributed by atoms with Gasteiger partial charge in [-0.2, -0.15) is 26.3 Å². The van der Waals surface area contributed by atoms with E-state index >= 15 is 0 Å². The van der Waals surface area contributed by atoms with Gasteiger partial charge < -0.3 is 5.32 Å². The molecule has 7 nitrogen and oxygen atoms in total. The SMILES string of the molecule is CC(C)(C)c1ccc(Cn2c(Nc3ccc(C(F)(F)F)cc3[N+](=O)[O-])nc(C(F)(F)F)cc2=O)cc1. The predicted octanol–water partition coefficient (Wildman–Crippen LogP) is 6.28. The van der Waals surface area contributed by atoms with Gasteiger partial charge in [-0.25, -0.2) is 4.98 Å². The van der Waals surface area contributed by atoms with Gasteiger partial charge >= 0.3 is 12.4 Å². The van der Waals surface area contributed by atoms with Crippen molar-refractivity contribution in [1.82, 2.24) is 9.55 Å². The highest BCUT2D eigenvalue weighted by molar-refractivity contribution is 5.67. The minimum atomic E-state index is -5.02. The molecule has 13 heteroatoms. The molecule has 0 amide bonds. The van der Waals surface area contributed by atoms with E-state index in [-0.39, 0.29) is 24.1 Å².